The lowest BCUT2D eigenvalue weighted by atomic mass is 9.96. The van der Waals surface area contributed by atoms with Gasteiger partial charge in [0.05, 0.1) is 19.8 Å². The lowest BCUT2D eigenvalue weighted by Gasteiger charge is -2.18. The van der Waals surface area contributed by atoms with Gasteiger partial charge in [0.25, 0.3) is 0 Å². The highest BCUT2D eigenvalue weighted by Gasteiger charge is 2.22. The van der Waals surface area contributed by atoms with Crippen molar-refractivity contribution in [3.8, 4) is 11.5 Å². The van der Waals surface area contributed by atoms with Gasteiger partial charge in [-0.15, -0.1) is 0 Å². The second-order valence-electron chi connectivity index (χ2n) is 4.80. The molecule has 0 radical (unpaired) electrons. The average Bonchev–Trinajstić information content (AvgIpc) is 2.95. The molecule has 20 heavy (non-hydrogen) atoms. The number of hydrogen-bond acceptors (Lipinski definition) is 3. The minimum absolute atomic E-state index is 0.243. The number of ether oxygens (including phenoxy) is 2. The van der Waals surface area contributed by atoms with Crippen molar-refractivity contribution in [3.05, 3.63) is 57.6 Å². The number of hydrogen-bond donors (Lipinski definition) is 1. The lowest BCUT2D eigenvalue weighted by molar-refractivity contribution is 0.352. The third kappa shape index (κ3) is 2.30. The molecule has 3 nitrogen and oxygen atoms in total. The van der Waals surface area contributed by atoms with Gasteiger partial charge in [-0.1, -0.05) is 34.1 Å². The number of rotatable bonds is 3. The Morgan fingerprint density at radius 2 is 2.10 bits per heavy atom. The maximum atomic E-state index is 6.45. The number of nitrogens with two attached hydrogens (primary N) is 1. The third-order valence-corrected chi connectivity index (χ3v) is 4.34. The van der Waals surface area contributed by atoms with E-state index in [0.717, 1.165) is 40.1 Å². The van der Waals surface area contributed by atoms with E-state index in [4.69, 9.17) is 15.2 Å². The molecule has 104 valence electrons. The second-order valence-corrected chi connectivity index (χ2v) is 5.65. The Bertz CT molecular complexity index is 642. The van der Waals surface area contributed by atoms with Gasteiger partial charge in [0.15, 0.2) is 0 Å². The molecule has 0 amide bonds. The van der Waals surface area contributed by atoms with Crippen LogP contribution in [0.4, 0.5) is 0 Å². The molecule has 0 saturated carbocycles. The van der Waals surface area contributed by atoms with Crippen LogP contribution in [0.15, 0.2) is 40.9 Å². The quantitative estimate of drug-likeness (QED) is 0.935. The summed E-state index contributed by atoms with van der Waals surface area (Å²) in [5.41, 5.74) is 9.70. The number of fused-ring (bicyclic) bond motifs is 1. The first-order chi connectivity index (χ1) is 9.70. The van der Waals surface area contributed by atoms with E-state index in [1.165, 1.54) is 5.56 Å². The summed E-state index contributed by atoms with van der Waals surface area (Å²) >= 11 is 3.56. The number of halogens is 1. The van der Waals surface area contributed by atoms with E-state index in [1.807, 2.05) is 30.3 Å². The Labute approximate surface area is 126 Å². The van der Waals surface area contributed by atoms with Gasteiger partial charge in [-0.3, -0.25) is 0 Å². The highest BCUT2D eigenvalue weighted by molar-refractivity contribution is 9.10. The zero-order valence-electron chi connectivity index (χ0n) is 11.2. The molecule has 1 unspecified atom stereocenters. The van der Waals surface area contributed by atoms with Crippen molar-refractivity contribution in [1.29, 1.82) is 0 Å². The van der Waals surface area contributed by atoms with Crippen LogP contribution in [0.25, 0.3) is 0 Å². The fourth-order valence-electron chi connectivity index (χ4n) is 2.54. The minimum Gasteiger partial charge on any atom is -0.497 e. The normalized spacial score (nSPS) is 14.6. The van der Waals surface area contributed by atoms with Gasteiger partial charge < -0.3 is 15.2 Å². The van der Waals surface area contributed by atoms with E-state index in [-0.39, 0.29) is 6.04 Å². The van der Waals surface area contributed by atoms with E-state index in [0.29, 0.717) is 0 Å². The van der Waals surface area contributed by atoms with Crippen LogP contribution in [-0.2, 0) is 6.42 Å². The van der Waals surface area contributed by atoms with E-state index in [1.54, 1.807) is 7.11 Å². The van der Waals surface area contributed by atoms with Crippen LogP contribution in [0.1, 0.15) is 22.7 Å². The minimum atomic E-state index is -0.243. The van der Waals surface area contributed by atoms with Crippen LogP contribution in [0, 0.1) is 0 Å². The molecular weight excluding hydrogens is 318 g/mol. The van der Waals surface area contributed by atoms with E-state index in [2.05, 4.69) is 22.0 Å². The van der Waals surface area contributed by atoms with Gasteiger partial charge in [-0.05, 0) is 29.3 Å². The van der Waals surface area contributed by atoms with Gasteiger partial charge in [-0.2, -0.15) is 0 Å². The summed E-state index contributed by atoms with van der Waals surface area (Å²) < 4.78 is 12.0. The summed E-state index contributed by atoms with van der Waals surface area (Å²) in [4.78, 5) is 0. The summed E-state index contributed by atoms with van der Waals surface area (Å²) in [6.07, 6.45) is 0.954. The van der Waals surface area contributed by atoms with Crippen molar-refractivity contribution in [2.24, 2.45) is 5.73 Å². The predicted molar refractivity (Wildman–Crippen MR) is 82.4 cm³/mol. The number of para-hydroxylation sites is 1. The monoisotopic (exact) mass is 333 g/mol. The van der Waals surface area contributed by atoms with E-state index >= 15 is 0 Å². The Morgan fingerprint density at radius 1 is 1.25 bits per heavy atom. The van der Waals surface area contributed by atoms with Crippen molar-refractivity contribution in [1.82, 2.24) is 0 Å². The first-order valence-electron chi connectivity index (χ1n) is 6.54. The molecule has 1 heterocycles. The molecule has 0 aromatic heterocycles. The highest BCUT2D eigenvalue weighted by Crippen LogP contribution is 2.37. The maximum Gasteiger partial charge on any atom is 0.127 e. The Hall–Kier alpha value is -1.52. The zero-order chi connectivity index (χ0) is 14.1. The molecule has 0 aliphatic carbocycles. The van der Waals surface area contributed by atoms with Gasteiger partial charge in [0.2, 0.25) is 0 Å². The fourth-order valence-corrected chi connectivity index (χ4v) is 3.03. The maximum absolute atomic E-state index is 6.45. The summed E-state index contributed by atoms with van der Waals surface area (Å²) in [5.74, 6) is 1.74. The lowest BCUT2D eigenvalue weighted by Crippen LogP contribution is -2.13. The summed E-state index contributed by atoms with van der Waals surface area (Å²) in [7, 11) is 1.65. The van der Waals surface area contributed by atoms with Crippen LogP contribution in [0.3, 0.4) is 0 Å². The molecule has 1 atom stereocenters. The van der Waals surface area contributed by atoms with E-state index < -0.39 is 0 Å². The van der Waals surface area contributed by atoms with Gasteiger partial charge in [-0.25, -0.2) is 0 Å². The molecule has 2 N–H and O–H groups in total. The van der Waals surface area contributed by atoms with Crippen LogP contribution in [-0.4, -0.2) is 13.7 Å². The molecule has 0 fully saturated rings. The first-order valence-corrected chi connectivity index (χ1v) is 7.33. The molecule has 0 spiro atoms. The highest BCUT2D eigenvalue weighted by atomic mass is 79.9. The van der Waals surface area contributed by atoms with Crippen LogP contribution in [0.5, 0.6) is 11.5 Å². The van der Waals surface area contributed by atoms with Gasteiger partial charge in [0, 0.05) is 16.5 Å². The van der Waals surface area contributed by atoms with Crippen molar-refractivity contribution in [3.63, 3.8) is 0 Å². The summed E-state index contributed by atoms with van der Waals surface area (Å²) in [5, 5.41) is 0. The Kier molecular flexibility index (Phi) is 3.68. The molecule has 1 aliphatic rings. The number of benzene rings is 2. The predicted octanol–water partition coefficient (Wildman–Crippen LogP) is 3.44. The standard InChI is InChI=1S/C16H16BrNO2/c1-19-11-5-6-14(17)13(9-11)15(18)12-4-2-3-10-7-8-20-16(10)12/h2-6,9,15H,7-8,18H2,1H3. The van der Waals surface area contributed by atoms with Crippen LogP contribution < -0.4 is 15.2 Å². The SMILES string of the molecule is COc1ccc(Br)c(C(N)c2cccc3c2OCC3)c1. The first kappa shape index (κ1) is 13.5. The molecule has 1 aliphatic heterocycles. The van der Waals surface area contributed by atoms with Crippen molar-refractivity contribution < 1.29 is 9.47 Å². The van der Waals surface area contributed by atoms with Crippen LogP contribution in [0.2, 0.25) is 0 Å². The Morgan fingerprint density at radius 3 is 2.90 bits per heavy atom. The van der Waals surface area contributed by atoms with Gasteiger partial charge >= 0.3 is 0 Å². The molecule has 3 rings (SSSR count). The number of methoxy groups -OCH3 is 1. The average molecular weight is 334 g/mol. The third-order valence-electron chi connectivity index (χ3n) is 3.62. The van der Waals surface area contributed by atoms with Crippen molar-refractivity contribution in [2.75, 3.05) is 13.7 Å². The largest absolute Gasteiger partial charge is 0.497 e. The van der Waals surface area contributed by atoms with E-state index in [9.17, 15) is 0 Å². The topological polar surface area (TPSA) is 44.5 Å². The summed E-state index contributed by atoms with van der Waals surface area (Å²) in [6.45, 7) is 0.734. The van der Waals surface area contributed by atoms with Crippen molar-refractivity contribution >= 4 is 15.9 Å². The second kappa shape index (κ2) is 5.46. The smallest absolute Gasteiger partial charge is 0.127 e. The molecule has 4 heteroatoms. The molecule has 2 aromatic carbocycles. The van der Waals surface area contributed by atoms with Gasteiger partial charge in [0.1, 0.15) is 11.5 Å². The molecule has 0 bridgehead atoms. The molecule has 0 saturated heterocycles. The zero-order valence-corrected chi connectivity index (χ0v) is 12.8. The summed E-state index contributed by atoms with van der Waals surface area (Å²) in [6, 6.07) is 11.7. The Balaban J connectivity index is 2.05. The molecule has 2 aromatic rings. The molecular formula is C16H16BrNO2. The fraction of sp³-hybridized carbons (Fsp3) is 0.250. The van der Waals surface area contributed by atoms with Crippen molar-refractivity contribution in [2.45, 2.75) is 12.5 Å². The van der Waals surface area contributed by atoms with Crippen LogP contribution >= 0.6 is 15.9 Å².